The zero-order chi connectivity index (χ0) is 17.2. The fraction of sp³-hybridized carbons (Fsp3) is 0.353. The third-order valence-electron chi connectivity index (χ3n) is 4.67. The lowest BCUT2D eigenvalue weighted by molar-refractivity contribution is 0.0678. The topological polar surface area (TPSA) is 81.7 Å². The van der Waals surface area contributed by atoms with E-state index in [0.29, 0.717) is 18.2 Å². The Morgan fingerprint density at radius 3 is 2.76 bits per heavy atom. The number of carbonyl (C=O) groups excluding carboxylic acids is 1. The molecule has 0 bridgehead atoms. The van der Waals surface area contributed by atoms with Crippen molar-refractivity contribution in [2.24, 2.45) is 0 Å². The van der Waals surface area contributed by atoms with Crippen molar-refractivity contribution in [3.8, 4) is 5.69 Å². The summed E-state index contributed by atoms with van der Waals surface area (Å²) in [5, 5.41) is 11.1. The number of rotatable bonds is 3. The molecule has 3 aromatic rings. The van der Waals surface area contributed by atoms with Gasteiger partial charge >= 0.3 is 0 Å². The van der Waals surface area contributed by atoms with E-state index in [9.17, 15) is 4.79 Å². The molecule has 2 aromatic heterocycles. The Balaban J connectivity index is 1.49. The molecule has 0 aliphatic carbocycles. The molecule has 8 heteroatoms. The van der Waals surface area contributed by atoms with E-state index in [1.54, 1.807) is 4.68 Å². The minimum atomic E-state index is 0.0609. The van der Waals surface area contributed by atoms with Gasteiger partial charge in [-0.1, -0.05) is 0 Å². The van der Waals surface area contributed by atoms with Crippen LogP contribution in [-0.4, -0.2) is 53.7 Å². The smallest absolute Gasteiger partial charge is 0.253 e. The van der Waals surface area contributed by atoms with Crippen LogP contribution in [0.1, 0.15) is 35.1 Å². The maximum Gasteiger partial charge on any atom is 0.253 e. The normalized spacial score (nSPS) is 17.6. The molecule has 1 aliphatic rings. The molecule has 0 spiro atoms. The molecule has 4 rings (SSSR count). The number of benzene rings is 1. The molecule has 1 aromatic carbocycles. The summed E-state index contributed by atoms with van der Waals surface area (Å²) >= 11 is 0. The van der Waals surface area contributed by atoms with Crippen LogP contribution in [0, 0.1) is 6.92 Å². The van der Waals surface area contributed by atoms with Crippen LogP contribution >= 0.6 is 0 Å². The van der Waals surface area contributed by atoms with Crippen molar-refractivity contribution >= 4 is 5.91 Å². The molecule has 0 radical (unpaired) electrons. The van der Waals surface area contributed by atoms with Gasteiger partial charge in [0.15, 0.2) is 0 Å². The summed E-state index contributed by atoms with van der Waals surface area (Å²) in [6, 6.07) is 7.65. The fourth-order valence-corrected chi connectivity index (χ4v) is 3.36. The Morgan fingerprint density at radius 1 is 1.24 bits per heavy atom. The van der Waals surface area contributed by atoms with Gasteiger partial charge in [-0.3, -0.25) is 4.79 Å². The number of tetrazole rings is 1. The molecule has 8 nitrogen and oxygen atoms in total. The molecule has 1 saturated heterocycles. The second-order valence-corrected chi connectivity index (χ2v) is 6.23. The second-order valence-electron chi connectivity index (χ2n) is 6.23. The van der Waals surface area contributed by atoms with E-state index >= 15 is 0 Å². The number of likely N-dealkylation sites (tertiary alicyclic amines) is 1. The number of piperidine rings is 1. The number of carbonyl (C=O) groups is 1. The summed E-state index contributed by atoms with van der Waals surface area (Å²) in [5.41, 5.74) is 1.51. The summed E-state index contributed by atoms with van der Waals surface area (Å²) in [7, 11) is 0. The number of hydrogen-bond donors (Lipinski definition) is 0. The summed E-state index contributed by atoms with van der Waals surface area (Å²) in [6.07, 6.45) is 7.40. The molecule has 128 valence electrons. The molecule has 0 unspecified atom stereocenters. The van der Waals surface area contributed by atoms with Crippen LogP contribution < -0.4 is 0 Å². The van der Waals surface area contributed by atoms with Crippen molar-refractivity contribution in [2.75, 3.05) is 13.1 Å². The van der Waals surface area contributed by atoms with Gasteiger partial charge in [0.05, 0.1) is 11.7 Å². The monoisotopic (exact) mass is 337 g/mol. The van der Waals surface area contributed by atoms with Gasteiger partial charge in [0.25, 0.3) is 5.91 Å². The fourth-order valence-electron chi connectivity index (χ4n) is 3.36. The maximum absolute atomic E-state index is 12.9. The first-order chi connectivity index (χ1) is 12.2. The van der Waals surface area contributed by atoms with Crippen LogP contribution in [0.4, 0.5) is 0 Å². The highest BCUT2D eigenvalue weighted by Gasteiger charge is 2.26. The van der Waals surface area contributed by atoms with Crippen LogP contribution in [-0.2, 0) is 0 Å². The third kappa shape index (κ3) is 3.02. The predicted octanol–water partition coefficient (Wildman–Crippen LogP) is 1.64. The van der Waals surface area contributed by atoms with Crippen molar-refractivity contribution in [2.45, 2.75) is 25.8 Å². The number of nitrogens with zero attached hydrogens (tertiary/aromatic N) is 7. The largest absolute Gasteiger partial charge is 0.337 e. The lowest BCUT2D eigenvalue weighted by atomic mass is 10.0. The van der Waals surface area contributed by atoms with Crippen LogP contribution in [0.2, 0.25) is 0 Å². The molecule has 25 heavy (non-hydrogen) atoms. The molecule has 0 saturated carbocycles. The van der Waals surface area contributed by atoms with Gasteiger partial charge in [-0.15, -0.1) is 5.10 Å². The van der Waals surface area contributed by atoms with Gasteiger partial charge in [0.1, 0.15) is 12.2 Å². The highest BCUT2D eigenvalue weighted by Crippen LogP contribution is 2.24. The predicted molar refractivity (Wildman–Crippen MR) is 90.3 cm³/mol. The van der Waals surface area contributed by atoms with Gasteiger partial charge in [0.2, 0.25) is 0 Å². The number of hydrogen-bond acceptors (Lipinski definition) is 5. The minimum absolute atomic E-state index is 0.0609. The van der Waals surface area contributed by atoms with E-state index in [-0.39, 0.29) is 5.91 Å². The van der Waals surface area contributed by atoms with E-state index in [0.717, 1.165) is 30.9 Å². The van der Waals surface area contributed by atoms with Crippen molar-refractivity contribution in [3.63, 3.8) is 0 Å². The minimum Gasteiger partial charge on any atom is -0.337 e. The van der Waals surface area contributed by atoms with Crippen molar-refractivity contribution in [1.29, 1.82) is 0 Å². The molecule has 3 heterocycles. The molecule has 1 atom stereocenters. The van der Waals surface area contributed by atoms with Crippen molar-refractivity contribution in [1.82, 2.24) is 34.7 Å². The first-order valence-corrected chi connectivity index (χ1v) is 8.34. The van der Waals surface area contributed by atoms with Crippen LogP contribution in [0.25, 0.3) is 5.69 Å². The molecule has 1 fully saturated rings. The molecular weight excluding hydrogens is 318 g/mol. The van der Waals surface area contributed by atoms with Crippen LogP contribution in [0.5, 0.6) is 0 Å². The number of aromatic nitrogens is 6. The summed E-state index contributed by atoms with van der Waals surface area (Å²) in [4.78, 5) is 19.1. The Hall–Kier alpha value is -3.03. The Bertz CT molecular complexity index is 854. The van der Waals surface area contributed by atoms with Crippen molar-refractivity contribution < 1.29 is 4.79 Å². The molecule has 1 aliphatic heterocycles. The molecule has 0 N–H and O–H groups in total. The number of imidazole rings is 1. The molecule has 1 amide bonds. The van der Waals surface area contributed by atoms with E-state index in [1.165, 1.54) is 6.33 Å². The van der Waals surface area contributed by atoms with Crippen LogP contribution in [0.3, 0.4) is 0 Å². The third-order valence-corrected chi connectivity index (χ3v) is 4.67. The number of amides is 1. The zero-order valence-corrected chi connectivity index (χ0v) is 14.0. The molecular formula is C17H19N7O. The van der Waals surface area contributed by atoms with Crippen LogP contribution in [0.15, 0.2) is 43.0 Å². The SMILES string of the molecule is Cc1nccn1[C@@H]1CCCN(C(=O)c2ccc(-n3cnnn3)cc2)C1. The van der Waals surface area contributed by atoms with Gasteiger partial charge in [-0.2, -0.15) is 0 Å². The lowest BCUT2D eigenvalue weighted by Gasteiger charge is -2.34. The standard InChI is InChI=1S/C17H19N7O/c1-13-18-8-10-23(13)16-3-2-9-22(11-16)17(25)14-4-6-15(7-5-14)24-12-19-20-21-24/h4-8,10,12,16H,2-3,9,11H2,1H3/t16-/m1/s1. The van der Waals surface area contributed by atoms with E-state index < -0.39 is 0 Å². The van der Waals surface area contributed by atoms with E-state index in [4.69, 9.17) is 0 Å². The summed E-state index contributed by atoms with van der Waals surface area (Å²) in [5.74, 6) is 1.05. The first kappa shape index (κ1) is 15.5. The quantitative estimate of drug-likeness (QED) is 0.726. The Morgan fingerprint density at radius 2 is 2.08 bits per heavy atom. The average Bonchev–Trinajstić information content (AvgIpc) is 3.33. The van der Waals surface area contributed by atoms with Crippen molar-refractivity contribution in [3.05, 3.63) is 54.4 Å². The van der Waals surface area contributed by atoms with E-state index in [2.05, 4.69) is 25.1 Å². The number of aryl methyl sites for hydroxylation is 1. The highest BCUT2D eigenvalue weighted by molar-refractivity contribution is 5.94. The van der Waals surface area contributed by atoms with Gasteiger partial charge in [0, 0.05) is 31.0 Å². The first-order valence-electron chi connectivity index (χ1n) is 8.34. The Kier molecular flexibility index (Phi) is 4.01. The van der Waals surface area contributed by atoms with Gasteiger partial charge in [-0.05, 0) is 54.5 Å². The summed E-state index contributed by atoms with van der Waals surface area (Å²) < 4.78 is 3.73. The zero-order valence-electron chi connectivity index (χ0n) is 14.0. The Labute approximate surface area is 145 Å². The average molecular weight is 337 g/mol. The summed E-state index contributed by atoms with van der Waals surface area (Å²) in [6.45, 7) is 3.50. The highest BCUT2D eigenvalue weighted by atomic mass is 16.2. The second kappa shape index (κ2) is 6.46. The van der Waals surface area contributed by atoms with E-state index in [1.807, 2.05) is 48.5 Å². The van der Waals surface area contributed by atoms with Gasteiger partial charge in [-0.25, -0.2) is 9.67 Å². The van der Waals surface area contributed by atoms with Gasteiger partial charge < -0.3 is 9.47 Å². The lowest BCUT2D eigenvalue weighted by Crippen LogP contribution is -2.40. The maximum atomic E-state index is 12.9.